The van der Waals surface area contributed by atoms with Crippen molar-refractivity contribution in [2.75, 3.05) is 11.9 Å². The van der Waals surface area contributed by atoms with E-state index in [9.17, 15) is 14.4 Å². The van der Waals surface area contributed by atoms with Crippen molar-refractivity contribution in [2.45, 2.75) is 72.9 Å². The van der Waals surface area contributed by atoms with E-state index in [1.54, 1.807) is 13.0 Å². The summed E-state index contributed by atoms with van der Waals surface area (Å²) in [5.74, 6) is -0.801. The Morgan fingerprint density at radius 3 is 2.37 bits per heavy atom. The Bertz CT molecular complexity index is 710. The molecule has 0 aliphatic carbocycles. The van der Waals surface area contributed by atoms with Gasteiger partial charge in [0, 0.05) is 17.5 Å². The molecule has 0 saturated carbocycles. The summed E-state index contributed by atoms with van der Waals surface area (Å²) in [6.07, 6.45) is 3.07. The summed E-state index contributed by atoms with van der Waals surface area (Å²) in [6, 6.07) is 2.09. The molecule has 0 bridgehead atoms. The predicted molar refractivity (Wildman–Crippen MR) is 107 cm³/mol. The number of hydrogen-bond acceptors (Lipinski definition) is 5. The molecule has 1 aliphatic rings. The van der Waals surface area contributed by atoms with Crippen LogP contribution in [-0.4, -0.2) is 41.4 Å². The van der Waals surface area contributed by atoms with E-state index < -0.39 is 11.4 Å². The first kappa shape index (κ1) is 21.4. The minimum absolute atomic E-state index is 0.119. The molecule has 150 valence electrons. The SMILES string of the molecule is Cc1cc(NC(=O)C(C)(C)C)sc1C(=O)OCC(=O)N1[C@H](C)CCC[C@@H]1C. The van der Waals surface area contributed by atoms with Crippen LogP contribution in [0.4, 0.5) is 5.00 Å². The van der Waals surface area contributed by atoms with Crippen LogP contribution in [0.3, 0.4) is 0 Å². The first-order valence-electron chi connectivity index (χ1n) is 9.41. The molecular formula is C20H30N2O4S. The second-order valence-electron chi connectivity index (χ2n) is 8.33. The van der Waals surface area contributed by atoms with E-state index in [0.717, 1.165) is 24.8 Å². The molecule has 1 N–H and O–H groups in total. The first-order chi connectivity index (χ1) is 12.5. The van der Waals surface area contributed by atoms with Crippen molar-refractivity contribution in [3.63, 3.8) is 0 Å². The highest BCUT2D eigenvalue weighted by molar-refractivity contribution is 7.18. The molecular weight excluding hydrogens is 364 g/mol. The quantitative estimate of drug-likeness (QED) is 0.784. The molecule has 1 aromatic rings. The van der Waals surface area contributed by atoms with Gasteiger partial charge in [0.2, 0.25) is 5.91 Å². The van der Waals surface area contributed by atoms with Crippen molar-refractivity contribution in [1.82, 2.24) is 4.90 Å². The molecule has 2 atom stereocenters. The summed E-state index contributed by atoms with van der Waals surface area (Å²) in [7, 11) is 0. The smallest absolute Gasteiger partial charge is 0.349 e. The highest BCUT2D eigenvalue weighted by Gasteiger charge is 2.30. The van der Waals surface area contributed by atoms with Gasteiger partial charge in [-0.05, 0) is 51.7 Å². The van der Waals surface area contributed by atoms with E-state index >= 15 is 0 Å². The molecule has 1 fully saturated rings. The van der Waals surface area contributed by atoms with Gasteiger partial charge in [0.15, 0.2) is 6.61 Å². The van der Waals surface area contributed by atoms with E-state index in [-0.39, 0.29) is 30.5 Å². The van der Waals surface area contributed by atoms with Gasteiger partial charge in [0.05, 0.1) is 5.00 Å². The molecule has 27 heavy (non-hydrogen) atoms. The fourth-order valence-electron chi connectivity index (χ4n) is 3.23. The standard InChI is InChI=1S/C20H30N2O4S/c1-12-10-15(21-19(25)20(4,5)6)27-17(12)18(24)26-11-16(23)22-13(2)8-7-9-14(22)3/h10,13-14H,7-9,11H2,1-6H3,(H,21,25)/t13-,14+. The number of ether oxygens (including phenoxy) is 1. The van der Waals surface area contributed by atoms with Crippen LogP contribution in [-0.2, 0) is 14.3 Å². The molecule has 0 aromatic carbocycles. The molecule has 2 amide bonds. The highest BCUT2D eigenvalue weighted by Crippen LogP contribution is 2.29. The Balaban J connectivity index is 1.98. The minimum Gasteiger partial charge on any atom is -0.451 e. The maximum atomic E-state index is 12.5. The number of esters is 1. The largest absolute Gasteiger partial charge is 0.451 e. The molecule has 6 nitrogen and oxygen atoms in total. The predicted octanol–water partition coefficient (Wildman–Crippen LogP) is 3.99. The zero-order chi connectivity index (χ0) is 20.4. The van der Waals surface area contributed by atoms with Crippen LogP contribution in [0.25, 0.3) is 0 Å². The van der Waals surface area contributed by atoms with Gasteiger partial charge in [-0.15, -0.1) is 11.3 Å². The number of thiophene rings is 1. The third-order valence-corrected chi connectivity index (χ3v) is 5.96. The van der Waals surface area contributed by atoms with Crippen LogP contribution < -0.4 is 5.32 Å². The normalized spacial score (nSPS) is 20.3. The Labute approximate surface area is 165 Å². The lowest BCUT2D eigenvalue weighted by Crippen LogP contribution is -2.49. The summed E-state index contributed by atoms with van der Waals surface area (Å²) in [6.45, 7) is 11.1. The van der Waals surface area contributed by atoms with Crippen molar-refractivity contribution < 1.29 is 19.1 Å². The molecule has 0 spiro atoms. The first-order valence-corrected chi connectivity index (χ1v) is 10.2. The van der Waals surface area contributed by atoms with Gasteiger partial charge < -0.3 is 15.0 Å². The Kier molecular flexibility index (Phi) is 6.68. The lowest BCUT2D eigenvalue weighted by Gasteiger charge is -2.38. The average Bonchev–Trinajstić information content (AvgIpc) is 2.92. The molecule has 1 saturated heterocycles. The average molecular weight is 395 g/mol. The van der Waals surface area contributed by atoms with Gasteiger partial charge in [0.1, 0.15) is 4.88 Å². The molecule has 0 unspecified atom stereocenters. The van der Waals surface area contributed by atoms with E-state index in [0.29, 0.717) is 9.88 Å². The van der Waals surface area contributed by atoms with E-state index in [4.69, 9.17) is 4.74 Å². The number of amides is 2. The van der Waals surface area contributed by atoms with Gasteiger partial charge >= 0.3 is 5.97 Å². The third kappa shape index (κ3) is 5.31. The number of carbonyl (C=O) groups is 3. The number of aryl methyl sites for hydroxylation is 1. The maximum absolute atomic E-state index is 12.5. The lowest BCUT2D eigenvalue weighted by molar-refractivity contribution is -0.140. The molecule has 7 heteroatoms. The van der Waals surface area contributed by atoms with Crippen molar-refractivity contribution in [2.24, 2.45) is 5.41 Å². The number of rotatable bonds is 4. The molecule has 1 aliphatic heterocycles. The molecule has 0 radical (unpaired) electrons. The number of nitrogens with zero attached hydrogens (tertiary/aromatic N) is 1. The molecule has 2 rings (SSSR count). The Hall–Kier alpha value is -1.89. The Morgan fingerprint density at radius 2 is 1.81 bits per heavy atom. The van der Waals surface area contributed by atoms with E-state index in [1.165, 1.54) is 11.3 Å². The minimum atomic E-state index is -0.528. The fraction of sp³-hybridized carbons (Fsp3) is 0.650. The number of anilines is 1. The number of hydrogen-bond donors (Lipinski definition) is 1. The van der Waals surface area contributed by atoms with Gasteiger partial charge in [-0.3, -0.25) is 9.59 Å². The van der Waals surface area contributed by atoms with Crippen LogP contribution in [0.1, 0.15) is 69.1 Å². The number of likely N-dealkylation sites (tertiary alicyclic amines) is 1. The second kappa shape index (κ2) is 8.42. The summed E-state index contributed by atoms with van der Waals surface area (Å²) in [4.78, 5) is 39.3. The van der Waals surface area contributed by atoms with Crippen LogP contribution in [0.15, 0.2) is 6.07 Å². The zero-order valence-corrected chi connectivity index (χ0v) is 17.9. The Morgan fingerprint density at radius 1 is 1.22 bits per heavy atom. The van der Waals surface area contributed by atoms with E-state index in [1.807, 2.05) is 39.5 Å². The summed E-state index contributed by atoms with van der Waals surface area (Å²) in [5.41, 5.74) is 0.202. The fourth-order valence-corrected chi connectivity index (χ4v) is 4.19. The van der Waals surface area contributed by atoms with Gasteiger partial charge in [-0.1, -0.05) is 20.8 Å². The third-order valence-electron chi connectivity index (χ3n) is 4.83. The maximum Gasteiger partial charge on any atom is 0.349 e. The summed E-state index contributed by atoms with van der Waals surface area (Å²) >= 11 is 1.17. The van der Waals surface area contributed by atoms with Gasteiger partial charge in [0.25, 0.3) is 5.91 Å². The van der Waals surface area contributed by atoms with Crippen LogP contribution in [0.5, 0.6) is 0 Å². The van der Waals surface area contributed by atoms with Crippen molar-refractivity contribution in [3.05, 3.63) is 16.5 Å². The monoisotopic (exact) mass is 394 g/mol. The second-order valence-corrected chi connectivity index (χ2v) is 9.39. The van der Waals surface area contributed by atoms with Crippen molar-refractivity contribution >= 4 is 34.1 Å². The van der Waals surface area contributed by atoms with Crippen LogP contribution in [0, 0.1) is 12.3 Å². The van der Waals surface area contributed by atoms with Crippen LogP contribution in [0.2, 0.25) is 0 Å². The number of nitrogens with one attached hydrogen (secondary N) is 1. The van der Waals surface area contributed by atoms with Gasteiger partial charge in [-0.25, -0.2) is 4.79 Å². The number of piperidine rings is 1. The van der Waals surface area contributed by atoms with Crippen molar-refractivity contribution in [3.8, 4) is 0 Å². The molecule has 2 heterocycles. The topological polar surface area (TPSA) is 75.7 Å². The number of carbonyl (C=O) groups excluding carboxylic acids is 3. The highest BCUT2D eigenvalue weighted by atomic mass is 32.1. The van der Waals surface area contributed by atoms with Gasteiger partial charge in [-0.2, -0.15) is 0 Å². The summed E-state index contributed by atoms with van der Waals surface area (Å²) in [5, 5.41) is 3.42. The molecule has 1 aromatic heterocycles. The zero-order valence-electron chi connectivity index (χ0n) is 17.0. The van der Waals surface area contributed by atoms with E-state index in [2.05, 4.69) is 5.32 Å². The van der Waals surface area contributed by atoms with Crippen LogP contribution >= 0.6 is 11.3 Å². The lowest BCUT2D eigenvalue weighted by atomic mass is 9.96. The van der Waals surface area contributed by atoms with Crippen molar-refractivity contribution in [1.29, 1.82) is 0 Å². The summed E-state index contributed by atoms with van der Waals surface area (Å²) < 4.78 is 5.27.